The SMILES string of the molecule is C=CC(F)C(O)c1ccccc1. The van der Waals surface area contributed by atoms with Gasteiger partial charge in [0.1, 0.15) is 12.3 Å². The maximum atomic E-state index is 12.8. The first-order chi connectivity index (χ1) is 5.75. The van der Waals surface area contributed by atoms with E-state index in [9.17, 15) is 9.50 Å². The maximum Gasteiger partial charge on any atom is 0.148 e. The van der Waals surface area contributed by atoms with Crippen LogP contribution < -0.4 is 0 Å². The summed E-state index contributed by atoms with van der Waals surface area (Å²) in [6.07, 6.45) is -1.39. The van der Waals surface area contributed by atoms with Gasteiger partial charge in [0.15, 0.2) is 0 Å². The Kier molecular flexibility index (Phi) is 3.00. The zero-order valence-corrected chi connectivity index (χ0v) is 6.65. The molecule has 1 rings (SSSR count). The first-order valence-electron chi connectivity index (χ1n) is 3.75. The average molecular weight is 166 g/mol. The standard InChI is InChI=1S/C10H11FO/c1-2-9(11)10(12)8-6-4-3-5-7-8/h2-7,9-10,12H,1H2. The Balaban J connectivity index is 2.78. The Morgan fingerprint density at radius 3 is 2.42 bits per heavy atom. The van der Waals surface area contributed by atoms with Crippen LogP contribution in [0.15, 0.2) is 43.0 Å². The molecule has 0 bridgehead atoms. The minimum atomic E-state index is -1.40. The highest BCUT2D eigenvalue weighted by Crippen LogP contribution is 2.18. The molecule has 0 spiro atoms. The van der Waals surface area contributed by atoms with Crippen molar-refractivity contribution in [2.45, 2.75) is 12.3 Å². The van der Waals surface area contributed by atoms with E-state index in [2.05, 4.69) is 6.58 Å². The Morgan fingerprint density at radius 2 is 1.92 bits per heavy atom. The molecule has 0 aliphatic rings. The van der Waals surface area contributed by atoms with Gasteiger partial charge in [0, 0.05) is 0 Å². The molecule has 0 aromatic heterocycles. The molecule has 0 heterocycles. The molecule has 1 aromatic carbocycles. The second kappa shape index (κ2) is 4.02. The van der Waals surface area contributed by atoms with E-state index < -0.39 is 12.3 Å². The number of hydrogen-bond acceptors (Lipinski definition) is 1. The zero-order chi connectivity index (χ0) is 8.97. The van der Waals surface area contributed by atoms with E-state index in [0.717, 1.165) is 6.08 Å². The summed E-state index contributed by atoms with van der Waals surface area (Å²) in [7, 11) is 0. The summed E-state index contributed by atoms with van der Waals surface area (Å²) in [4.78, 5) is 0. The smallest absolute Gasteiger partial charge is 0.148 e. The summed E-state index contributed by atoms with van der Waals surface area (Å²) < 4.78 is 12.8. The number of hydrogen-bond donors (Lipinski definition) is 1. The van der Waals surface area contributed by atoms with Crippen LogP contribution in [-0.4, -0.2) is 11.3 Å². The van der Waals surface area contributed by atoms with Crippen molar-refractivity contribution in [2.24, 2.45) is 0 Å². The van der Waals surface area contributed by atoms with Gasteiger partial charge in [-0.1, -0.05) is 36.4 Å². The van der Waals surface area contributed by atoms with Crippen molar-refractivity contribution in [3.05, 3.63) is 48.6 Å². The van der Waals surface area contributed by atoms with Gasteiger partial charge < -0.3 is 5.11 Å². The van der Waals surface area contributed by atoms with Crippen LogP contribution in [0.1, 0.15) is 11.7 Å². The number of aliphatic hydroxyl groups excluding tert-OH is 1. The summed E-state index contributed by atoms with van der Waals surface area (Å²) in [5.74, 6) is 0. The predicted molar refractivity (Wildman–Crippen MR) is 46.5 cm³/mol. The first-order valence-corrected chi connectivity index (χ1v) is 3.75. The van der Waals surface area contributed by atoms with Crippen molar-refractivity contribution in [1.29, 1.82) is 0 Å². The number of benzene rings is 1. The second-order valence-corrected chi connectivity index (χ2v) is 2.54. The normalized spacial score (nSPS) is 15.2. The van der Waals surface area contributed by atoms with Gasteiger partial charge in [0.25, 0.3) is 0 Å². The van der Waals surface area contributed by atoms with Gasteiger partial charge in [-0.2, -0.15) is 0 Å². The number of rotatable bonds is 3. The van der Waals surface area contributed by atoms with Crippen LogP contribution in [0.2, 0.25) is 0 Å². The molecule has 0 amide bonds. The molecule has 0 aliphatic heterocycles. The third kappa shape index (κ3) is 1.92. The van der Waals surface area contributed by atoms with Crippen molar-refractivity contribution >= 4 is 0 Å². The monoisotopic (exact) mass is 166 g/mol. The molecule has 0 saturated carbocycles. The van der Waals surface area contributed by atoms with Gasteiger partial charge >= 0.3 is 0 Å². The fourth-order valence-electron chi connectivity index (χ4n) is 0.963. The van der Waals surface area contributed by atoms with E-state index in [-0.39, 0.29) is 0 Å². The second-order valence-electron chi connectivity index (χ2n) is 2.54. The van der Waals surface area contributed by atoms with Crippen LogP contribution in [-0.2, 0) is 0 Å². The van der Waals surface area contributed by atoms with Gasteiger partial charge in [-0.15, -0.1) is 6.58 Å². The molecule has 1 N–H and O–H groups in total. The van der Waals surface area contributed by atoms with Gasteiger partial charge in [-0.3, -0.25) is 0 Å². The highest BCUT2D eigenvalue weighted by Gasteiger charge is 2.15. The van der Waals surface area contributed by atoms with Crippen molar-refractivity contribution in [2.75, 3.05) is 0 Å². The predicted octanol–water partition coefficient (Wildman–Crippen LogP) is 2.24. The van der Waals surface area contributed by atoms with Crippen LogP contribution in [0, 0.1) is 0 Å². The molecule has 1 nitrogen and oxygen atoms in total. The number of alkyl halides is 1. The molecule has 12 heavy (non-hydrogen) atoms. The lowest BCUT2D eigenvalue weighted by Crippen LogP contribution is -2.09. The topological polar surface area (TPSA) is 20.2 Å². The van der Waals surface area contributed by atoms with Gasteiger partial charge in [0.2, 0.25) is 0 Å². The Hall–Kier alpha value is -1.15. The van der Waals surface area contributed by atoms with Crippen molar-refractivity contribution in [3.63, 3.8) is 0 Å². The van der Waals surface area contributed by atoms with E-state index >= 15 is 0 Å². The molecule has 0 saturated heterocycles. The van der Waals surface area contributed by atoms with Gasteiger partial charge in [-0.25, -0.2) is 4.39 Å². The highest BCUT2D eigenvalue weighted by atomic mass is 19.1. The maximum absolute atomic E-state index is 12.8. The Morgan fingerprint density at radius 1 is 1.33 bits per heavy atom. The van der Waals surface area contributed by atoms with E-state index in [4.69, 9.17) is 0 Å². The lowest BCUT2D eigenvalue weighted by molar-refractivity contribution is 0.104. The molecule has 0 aliphatic carbocycles. The van der Waals surface area contributed by atoms with Gasteiger partial charge in [0.05, 0.1) is 0 Å². The van der Waals surface area contributed by atoms with Crippen LogP contribution in [0.4, 0.5) is 4.39 Å². The number of halogens is 1. The fourth-order valence-corrected chi connectivity index (χ4v) is 0.963. The van der Waals surface area contributed by atoms with Crippen LogP contribution in [0.25, 0.3) is 0 Å². The van der Waals surface area contributed by atoms with E-state index in [0.29, 0.717) is 5.56 Å². The highest BCUT2D eigenvalue weighted by molar-refractivity contribution is 5.19. The minimum absolute atomic E-state index is 0.574. The number of aliphatic hydroxyl groups is 1. The van der Waals surface area contributed by atoms with E-state index in [1.54, 1.807) is 24.3 Å². The van der Waals surface area contributed by atoms with Crippen LogP contribution >= 0.6 is 0 Å². The molecule has 1 aromatic rings. The summed E-state index contributed by atoms with van der Waals surface area (Å²) in [6.45, 7) is 3.27. The zero-order valence-electron chi connectivity index (χ0n) is 6.65. The minimum Gasteiger partial charge on any atom is -0.385 e. The molecule has 0 fully saturated rings. The molecule has 2 heteroatoms. The Labute approximate surface area is 71.2 Å². The van der Waals surface area contributed by atoms with E-state index in [1.807, 2.05) is 6.07 Å². The average Bonchev–Trinajstić information content (AvgIpc) is 2.17. The molecular weight excluding hydrogens is 155 g/mol. The summed E-state index contributed by atoms with van der Waals surface area (Å²) in [5, 5.41) is 9.34. The quantitative estimate of drug-likeness (QED) is 0.683. The third-order valence-electron chi connectivity index (χ3n) is 1.67. The first kappa shape index (κ1) is 8.94. The fraction of sp³-hybridized carbons (Fsp3) is 0.200. The summed E-state index contributed by atoms with van der Waals surface area (Å²) in [5.41, 5.74) is 0.574. The lowest BCUT2D eigenvalue weighted by atomic mass is 10.1. The van der Waals surface area contributed by atoms with Crippen molar-refractivity contribution < 1.29 is 9.50 Å². The van der Waals surface area contributed by atoms with E-state index in [1.165, 1.54) is 0 Å². The Bertz CT molecular complexity index is 245. The molecule has 2 unspecified atom stereocenters. The largest absolute Gasteiger partial charge is 0.385 e. The lowest BCUT2D eigenvalue weighted by Gasteiger charge is -2.11. The molecule has 0 radical (unpaired) electrons. The molecule has 2 atom stereocenters. The van der Waals surface area contributed by atoms with Crippen molar-refractivity contribution in [1.82, 2.24) is 0 Å². The molecule has 64 valence electrons. The van der Waals surface area contributed by atoms with Crippen LogP contribution in [0.3, 0.4) is 0 Å². The third-order valence-corrected chi connectivity index (χ3v) is 1.67. The summed E-state index contributed by atoms with van der Waals surface area (Å²) >= 11 is 0. The summed E-state index contributed by atoms with van der Waals surface area (Å²) in [6, 6.07) is 8.70. The van der Waals surface area contributed by atoms with Crippen LogP contribution in [0.5, 0.6) is 0 Å². The van der Waals surface area contributed by atoms with Crippen molar-refractivity contribution in [3.8, 4) is 0 Å². The van der Waals surface area contributed by atoms with Gasteiger partial charge in [-0.05, 0) is 5.56 Å². The molecular formula is C10H11FO.